The van der Waals surface area contributed by atoms with Gasteiger partial charge in [-0.05, 0) is 45.1 Å². The van der Waals surface area contributed by atoms with Crippen LogP contribution in [0, 0.1) is 5.92 Å². The summed E-state index contributed by atoms with van der Waals surface area (Å²) in [5, 5.41) is 3.20. The number of aromatic amines is 1. The fourth-order valence-corrected chi connectivity index (χ4v) is 4.15. The van der Waals surface area contributed by atoms with Crippen LogP contribution in [0.25, 0.3) is 0 Å². The predicted molar refractivity (Wildman–Crippen MR) is 92.3 cm³/mol. The number of aromatic nitrogens is 2. The predicted octanol–water partition coefficient (Wildman–Crippen LogP) is 1.36. The van der Waals surface area contributed by atoms with Gasteiger partial charge in [-0.25, -0.2) is 4.98 Å². The minimum Gasteiger partial charge on any atom is -0.353 e. The van der Waals surface area contributed by atoms with Crippen molar-refractivity contribution in [2.75, 3.05) is 26.2 Å². The van der Waals surface area contributed by atoms with Crippen molar-refractivity contribution in [2.45, 2.75) is 57.2 Å². The van der Waals surface area contributed by atoms with Gasteiger partial charge in [0.15, 0.2) is 0 Å². The first-order valence-corrected chi connectivity index (χ1v) is 9.52. The molecular formula is C18H29N5O. The van der Waals surface area contributed by atoms with Crippen LogP contribution in [-0.4, -0.2) is 63.9 Å². The standard InChI is InChI=1S/C18H29N5O/c24-18(21-15-3-4-15)14-2-1-7-23(11-14)17-5-8-22(9-6-17)12-16-10-19-13-20-16/h10,13-15,17H,1-9,11-12H2,(H,19,20)(H,21,24)/t14-/m1/s1. The highest BCUT2D eigenvalue weighted by Crippen LogP contribution is 2.26. The van der Waals surface area contributed by atoms with Crippen LogP contribution in [0.1, 0.15) is 44.2 Å². The zero-order valence-corrected chi connectivity index (χ0v) is 14.4. The molecule has 24 heavy (non-hydrogen) atoms. The van der Waals surface area contributed by atoms with E-state index < -0.39 is 0 Å². The molecule has 1 saturated carbocycles. The Morgan fingerprint density at radius 1 is 1.21 bits per heavy atom. The second kappa shape index (κ2) is 7.23. The van der Waals surface area contributed by atoms with E-state index in [1.165, 1.54) is 37.9 Å². The molecule has 1 aromatic rings. The number of H-pyrrole nitrogens is 1. The minimum absolute atomic E-state index is 0.211. The Labute approximate surface area is 144 Å². The number of rotatable bonds is 5. The molecule has 3 heterocycles. The molecule has 6 heteroatoms. The monoisotopic (exact) mass is 331 g/mol. The van der Waals surface area contributed by atoms with Crippen LogP contribution in [0.4, 0.5) is 0 Å². The molecular weight excluding hydrogens is 302 g/mol. The van der Waals surface area contributed by atoms with Crippen LogP contribution >= 0.6 is 0 Å². The Morgan fingerprint density at radius 2 is 2.04 bits per heavy atom. The van der Waals surface area contributed by atoms with Gasteiger partial charge in [-0.2, -0.15) is 0 Å². The molecule has 3 aliphatic rings. The van der Waals surface area contributed by atoms with Crippen molar-refractivity contribution in [1.82, 2.24) is 25.1 Å². The minimum atomic E-state index is 0.211. The number of piperidine rings is 2. The van der Waals surface area contributed by atoms with Crippen LogP contribution in [0.3, 0.4) is 0 Å². The van der Waals surface area contributed by atoms with Crippen molar-refractivity contribution < 1.29 is 4.79 Å². The summed E-state index contributed by atoms with van der Waals surface area (Å²) in [6.45, 7) is 5.37. The largest absolute Gasteiger partial charge is 0.353 e. The van der Waals surface area contributed by atoms with Crippen molar-refractivity contribution in [3.63, 3.8) is 0 Å². The summed E-state index contributed by atoms with van der Waals surface area (Å²) in [6, 6.07) is 1.14. The molecule has 132 valence electrons. The molecule has 1 atom stereocenters. The van der Waals surface area contributed by atoms with Crippen molar-refractivity contribution >= 4 is 5.91 Å². The van der Waals surface area contributed by atoms with Gasteiger partial charge in [0.25, 0.3) is 0 Å². The summed E-state index contributed by atoms with van der Waals surface area (Å²) in [4.78, 5) is 24.7. The lowest BCUT2D eigenvalue weighted by Crippen LogP contribution is -2.50. The van der Waals surface area contributed by atoms with Crippen molar-refractivity contribution in [3.8, 4) is 0 Å². The molecule has 0 unspecified atom stereocenters. The fourth-order valence-electron chi connectivity index (χ4n) is 4.15. The highest BCUT2D eigenvalue weighted by atomic mass is 16.2. The number of hydrogen-bond donors (Lipinski definition) is 2. The Bertz CT molecular complexity index is 534. The van der Waals surface area contributed by atoms with E-state index in [9.17, 15) is 4.79 Å². The molecule has 0 aromatic carbocycles. The lowest BCUT2D eigenvalue weighted by Gasteiger charge is -2.42. The summed E-state index contributed by atoms with van der Waals surface area (Å²) in [7, 11) is 0. The van der Waals surface area contributed by atoms with E-state index in [0.717, 1.165) is 39.0 Å². The van der Waals surface area contributed by atoms with Gasteiger partial charge in [-0.15, -0.1) is 0 Å². The summed E-state index contributed by atoms with van der Waals surface area (Å²) < 4.78 is 0. The third kappa shape index (κ3) is 3.98. The third-order valence-corrected chi connectivity index (χ3v) is 5.77. The number of amides is 1. The average molecular weight is 331 g/mol. The molecule has 3 fully saturated rings. The highest BCUT2D eigenvalue weighted by molar-refractivity contribution is 5.79. The first kappa shape index (κ1) is 16.1. The van der Waals surface area contributed by atoms with Gasteiger partial charge in [-0.1, -0.05) is 0 Å². The number of nitrogens with zero attached hydrogens (tertiary/aromatic N) is 3. The lowest BCUT2D eigenvalue weighted by molar-refractivity contribution is -0.127. The van der Waals surface area contributed by atoms with Crippen LogP contribution in [-0.2, 0) is 11.3 Å². The molecule has 1 aliphatic carbocycles. The average Bonchev–Trinajstić information content (AvgIpc) is 3.28. The van der Waals surface area contributed by atoms with Gasteiger partial charge in [0, 0.05) is 50.2 Å². The Morgan fingerprint density at radius 3 is 2.75 bits per heavy atom. The maximum absolute atomic E-state index is 12.4. The number of carbonyl (C=O) groups excluding carboxylic acids is 1. The maximum Gasteiger partial charge on any atom is 0.224 e. The van der Waals surface area contributed by atoms with Gasteiger partial charge < -0.3 is 10.3 Å². The molecule has 0 bridgehead atoms. The zero-order chi connectivity index (χ0) is 16.4. The summed E-state index contributed by atoms with van der Waals surface area (Å²) in [5.74, 6) is 0.515. The molecule has 1 aromatic heterocycles. The molecule has 6 nitrogen and oxygen atoms in total. The summed E-state index contributed by atoms with van der Waals surface area (Å²) in [5.41, 5.74) is 1.20. The van der Waals surface area contributed by atoms with Crippen molar-refractivity contribution in [3.05, 3.63) is 18.2 Å². The van der Waals surface area contributed by atoms with E-state index in [2.05, 4.69) is 25.1 Å². The van der Waals surface area contributed by atoms with E-state index in [-0.39, 0.29) is 5.92 Å². The van der Waals surface area contributed by atoms with Gasteiger partial charge in [-0.3, -0.25) is 14.6 Å². The molecule has 2 aliphatic heterocycles. The molecule has 0 radical (unpaired) electrons. The topological polar surface area (TPSA) is 64.3 Å². The number of likely N-dealkylation sites (tertiary alicyclic amines) is 2. The zero-order valence-electron chi connectivity index (χ0n) is 14.4. The van der Waals surface area contributed by atoms with Crippen LogP contribution in [0.15, 0.2) is 12.5 Å². The molecule has 2 saturated heterocycles. The quantitative estimate of drug-likeness (QED) is 0.855. The molecule has 4 rings (SSSR count). The van der Waals surface area contributed by atoms with Crippen LogP contribution in [0.2, 0.25) is 0 Å². The van der Waals surface area contributed by atoms with E-state index in [4.69, 9.17) is 0 Å². The number of nitrogens with one attached hydrogen (secondary N) is 2. The molecule has 1 amide bonds. The second-order valence-electron chi connectivity index (χ2n) is 7.70. The first-order chi connectivity index (χ1) is 11.8. The Balaban J connectivity index is 1.24. The summed E-state index contributed by atoms with van der Waals surface area (Å²) >= 11 is 0. The van der Waals surface area contributed by atoms with Crippen LogP contribution < -0.4 is 5.32 Å². The summed E-state index contributed by atoms with van der Waals surface area (Å²) in [6.07, 6.45) is 10.7. The van der Waals surface area contributed by atoms with Gasteiger partial charge >= 0.3 is 0 Å². The van der Waals surface area contributed by atoms with Gasteiger partial charge in [0.1, 0.15) is 0 Å². The van der Waals surface area contributed by atoms with E-state index in [1.54, 1.807) is 6.33 Å². The smallest absolute Gasteiger partial charge is 0.224 e. The van der Waals surface area contributed by atoms with Gasteiger partial charge in [0.2, 0.25) is 5.91 Å². The highest BCUT2D eigenvalue weighted by Gasteiger charge is 2.33. The van der Waals surface area contributed by atoms with E-state index in [0.29, 0.717) is 18.0 Å². The first-order valence-electron chi connectivity index (χ1n) is 9.52. The van der Waals surface area contributed by atoms with E-state index in [1.807, 2.05) is 6.20 Å². The van der Waals surface area contributed by atoms with Crippen molar-refractivity contribution in [1.29, 1.82) is 0 Å². The third-order valence-electron chi connectivity index (χ3n) is 5.77. The maximum atomic E-state index is 12.4. The van der Waals surface area contributed by atoms with E-state index >= 15 is 0 Å². The molecule has 0 spiro atoms. The van der Waals surface area contributed by atoms with Crippen LogP contribution in [0.5, 0.6) is 0 Å². The van der Waals surface area contributed by atoms with Crippen molar-refractivity contribution in [2.24, 2.45) is 5.92 Å². The Kier molecular flexibility index (Phi) is 4.85. The number of hydrogen-bond acceptors (Lipinski definition) is 4. The number of carbonyl (C=O) groups is 1. The number of imidazole rings is 1. The molecule has 2 N–H and O–H groups in total. The fraction of sp³-hybridized carbons (Fsp3) is 0.778. The SMILES string of the molecule is O=C(NC1CC1)[C@@H]1CCCN(C2CCN(Cc3cnc[nH]3)CC2)C1. The lowest BCUT2D eigenvalue weighted by atomic mass is 9.93. The second-order valence-corrected chi connectivity index (χ2v) is 7.70. The van der Waals surface area contributed by atoms with Gasteiger partial charge in [0.05, 0.1) is 12.2 Å². The normalized spacial score (nSPS) is 27.2. The Hall–Kier alpha value is -1.40.